The van der Waals surface area contributed by atoms with Crippen molar-refractivity contribution in [1.82, 2.24) is 5.32 Å². The molecular weight excluding hydrogens is 366 g/mol. The number of benzene rings is 3. The van der Waals surface area contributed by atoms with E-state index in [1.165, 1.54) is 6.07 Å². The molecule has 0 saturated carbocycles. The van der Waals surface area contributed by atoms with Crippen LogP contribution in [0.4, 0.5) is 0 Å². The molecule has 3 rings (SSSR count). The van der Waals surface area contributed by atoms with Gasteiger partial charge in [-0.05, 0) is 60.9 Å². The summed E-state index contributed by atoms with van der Waals surface area (Å²) in [4.78, 5) is 24.4. The third kappa shape index (κ3) is 5.94. The highest BCUT2D eigenvalue weighted by molar-refractivity contribution is 5.94. The molecule has 0 aromatic heterocycles. The lowest BCUT2D eigenvalue weighted by Crippen LogP contribution is -2.23. The van der Waals surface area contributed by atoms with Crippen molar-refractivity contribution in [3.8, 4) is 11.5 Å². The van der Waals surface area contributed by atoms with Gasteiger partial charge in [-0.25, -0.2) is 4.79 Å². The molecular formula is C24H23NO4. The van der Waals surface area contributed by atoms with Crippen LogP contribution in [0.25, 0.3) is 0 Å². The molecule has 5 heteroatoms. The Labute approximate surface area is 170 Å². The van der Waals surface area contributed by atoms with Gasteiger partial charge in [0.1, 0.15) is 11.5 Å². The Morgan fingerprint density at radius 1 is 0.828 bits per heavy atom. The van der Waals surface area contributed by atoms with Crippen LogP contribution < -0.4 is 14.8 Å². The largest absolute Gasteiger partial charge is 0.482 e. The summed E-state index contributed by atoms with van der Waals surface area (Å²) in [6.45, 7) is 4.20. The van der Waals surface area contributed by atoms with E-state index >= 15 is 0 Å². The molecule has 5 nitrogen and oxygen atoms in total. The summed E-state index contributed by atoms with van der Waals surface area (Å²) >= 11 is 0. The Morgan fingerprint density at radius 3 is 2.38 bits per heavy atom. The zero-order valence-electron chi connectivity index (χ0n) is 16.5. The molecule has 0 radical (unpaired) electrons. The van der Waals surface area contributed by atoms with E-state index in [0.717, 1.165) is 16.7 Å². The first-order valence-electron chi connectivity index (χ1n) is 9.34. The zero-order valence-corrected chi connectivity index (χ0v) is 16.5. The zero-order chi connectivity index (χ0) is 20.6. The number of rotatable bonds is 7. The quantitative estimate of drug-likeness (QED) is 0.485. The number of hydrogen-bond acceptors (Lipinski definition) is 4. The minimum absolute atomic E-state index is 0.215. The average Bonchev–Trinajstić information content (AvgIpc) is 2.74. The smallest absolute Gasteiger partial charge is 0.349 e. The van der Waals surface area contributed by atoms with E-state index in [9.17, 15) is 9.59 Å². The van der Waals surface area contributed by atoms with Crippen LogP contribution in [0.5, 0.6) is 11.5 Å². The summed E-state index contributed by atoms with van der Waals surface area (Å²) in [5.74, 6) is 0.133. The van der Waals surface area contributed by atoms with E-state index in [1.54, 1.807) is 18.2 Å². The van der Waals surface area contributed by atoms with Gasteiger partial charge in [0.25, 0.3) is 5.91 Å². The van der Waals surface area contributed by atoms with Gasteiger partial charge >= 0.3 is 5.97 Å². The van der Waals surface area contributed by atoms with Crippen LogP contribution in [0.15, 0.2) is 72.8 Å². The van der Waals surface area contributed by atoms with Crippen LogP contribution in [-0.2, 0) is 11.3 Å². The first-order chi connectivity index (χ1) is 14.0. The molecule has 0 atom stereocenters. The Balaban J connectivity index is 1.53. The number of amides is 1. The third-order valence-corrected chi connectivity index (χ3v) is 4.46. The van der Waals surface area contributed by atoms with E-state index in [0.29, 0.717) is 23.6 Å². The van der Waals surface area contributed by atoms with Gasteiger partial charge in [0, 0.05) is 12.1 Å². The highest BCUT2D eigenvalue weighted by atomic mass is 16.6. The van der Waals surface area contributed by atoms with Crippen molar-refractivity contribution in [3.63, 3.8) is 0 Å². The van der Waals surface area contributed by atoms with Crippen LogP contribution >= 0.6 is 0 Å². The van der Waals surface area contributed by atoms with Crippen molar-refractivity contribution in [2.24, 2.45) is 0 Å². The molecule has 148 valence electrons. The van der Waals surface area contributed by atoms with Crippen LogP contribution in [0.2, 0.25) is 0 Å². The number of carbonyl (C=O) groups excluding carboxylic acids is 2. The van der Waals surface area contributed by atoms with Crippen molar-refractivity contribution >= 4 is 11.9 Å². The van der Waals surface area contributed by atoms with Crippen LogP contribution in [-0.4, -0.2) is 18.5 Å². The number of nitrogens with one attached hydrogen (secondary N) is 1. The van der Waals surface area contributed by atoms with E-state index in [1.807, 2.05) is 62.4 Å². The summed E-state index contributed by atoms with van der Waals surface area (Å²) in [5, 5.41) is 2.85. The van der Waals surface area contributed by atoms with Gasteiger partial charge in [-0.2, -0.15) is 0 Å². The summed E-state index contributed by atoms with van der Waals surface area (Å²) in [5.41, 5.74) is 3.67. The van der Waals surface area contributed by atoms with E-state index < -0.39 is 5.97 Å². The predicted molar refractivity (Wildman–Crippen MR) is 111 cm³/mol. The lowest BCUT2D eigenvalue weighted by atomic mass is 10.1. The molecule has 3 aromatic rings. The first kappa shape index (κ1) is 20.1. The van der Waals surface area contributed by atoms with Crippen molar-refractivity contribution in [2.45, 2.75) is 20.4 Å². The highest BCUT2D eigenvalue weighted by Gasteiger charge is 2.10. The molecule has 0 saturated heterocycles. The number of aryl methyl sites for hydroxylation is 2. The Kier molecular flexibility index (Phi) is 6.63. The van der Waals surface area contributed by atoms with Gasteiger partial charge in [-0.15, -0.1) is 0 Å². The second kappa shape index (κ2) is 9.55. The fraction of sp³-hybridized carbons (Fsp3) is 0.167. The van der Waals surface area contributed by atoms with Gasteiger partial charge in [-0.1, -0.05) is 42.5 Å². The number of esters is 1. The maximum absolute atomic E-state index is 12.3. The Bertz CT molecular complexity index is 999. The average molecular weight is 389 g/mol. The summed E-state index contributed by atoms with van der Waals surface area (Å²) in [6.07, 6.45) is 0. The maximum atomic E-state index is 12.3. The van der Waals surface area contributed by atoms with Crippen LogP contribution in [0.1, 0.15) is 27.0 Å². The number of hydrogen-bond donors (Lipinski definition) is 1. The standard InChI is InChI=1S/C24H23NO4/c1-17-11-12-21(13-18(17)2)28-16-23(26)29-22-10-6-9-20(14-22)24(27)25-15-19-7-4-3-5-8-19/h3-14H,15-16H2,1-2H3,(H,25,27). The molecule has 0 aliphatic rings. The van der Waals surface area contributed by atoms with Gasteiger partial charge in [0.05, 0.1) is 0 Å². The molecule has 0 aliphatic heterocycles. The Hall–Kier alpha value is -3.60. The molecule has 3 aromatic carbocycles. The molecule has 0 heterocycles. The number of carbonyl (C=O) groups is 2. The fourth-order valence-electron chi connectivity index (χ4n) is 2.69. The van der Waals surface area contributed by atoms with Crippen molar-refractivity contribution in [3.05, 3.63) is 95.1 Å². The molecule has 0 unspecified atom stereocenters. The first-order valence-corrected chi connectivity index (χ1v) is 9.34. The minimum atomic E-state index is -0.537. The van der Waals surface area contributed by atoms with Gasteiger partial charge < -0.3 is 14.8 Å². The van der Waals surface area contributed by atoms with Crippen molar-refractivity contribution < 1.29 is 19.1 Å². The molecule has 29 heavy (non-hydrogen) atoms. The third-order valence-electron chi connectivity index (χ3n) is 4.46. The van der Waals surface area contributed by atoms with E-state index in [4.69, 9.17) is 9.47 Å². The van der Waals surface area contributed by atoms with E-state index in [2.05, 4.69) is 5.32 Å². The summed E-state index contributed by atoms with van der Waals surface area (Å²) in [6, 6.07) is 21.8. The molecule has 0 bridgehead atoms. The summed E-state index contributed by atoms with van der Waals surface area (Å²) < 4.78 is 10.8. The molecule has 1 amide bonds. The predicted octanol–water partition coefficient (Wildman–Crippen LogP) is 4.22. The minimum Gasteiger partial charge on any atom is -0.482 e. The molecule has 0 fully saturated rings. The maximum Gasteiger partial charge on any atom is 0.349 e. The Morgan fingerprint density at radius 2 is 1.62 bits per heavy atom. The van der Waals surface area contributed by atoms with Crippen LogP contribution in [0.3, 0.4) is 0 Å². The topological polar surface area (TPSA) is 64.6 Å². The second-order valence-corrected chi connectivity index (χ2v) is 6.70. The highest BCUT2D eigenvalue weighted by Crippen LogP contribution is 2.17. The monoisotopic (exact) mass is 389 g/mol. The van der Waals surface area contributed by atoms with Gasteiger partial charge in [-0.3, -0.25) is 4.79 Å². The molecule has 0 spiro atoms. The SMILES string of the molecule is Cc1ccc(OCC(=O)Oc2cccc(C(=O)NCc3ccccc3)c2)cc1C. The number of ether oxygens (including phenoxy) is 2. The fourth-order valence-corrected chi connectivity index (χ4v) is 2.69. The summed E-state index contributed by atoms with van der Waals surface area (Å²) in [7, 11) is 0. The lowest BCUT2D eigenvalue weighted by Gasteiger charge is -2.10. The molecule has 0 aliphatic carbocycles. The van der Waals surface area contributed by atoms with Gasteiger partial charge in [0.15, 0.2) is 6.61 Å². The second-order valence-electron chi connectivity index (χ2n) is 6.70. The molecule has 1 N–H and O–H groups in total. The van der Waals surface area contributed by atoms with Crippen molar-refractivity contribution in [1.29, 1.82) is 0 Å². The van der Waals surface area contributed by atoms with Crippen molar-refractivity contribution in [2.75, 3.05) is 6.61 Å². The van der Waals surface area contributed by atoms with Gasteiger partial charge in [0.2, 0.25) is 0 Å². The normalized spacial score (nSPS) is 10.3. The van der Waals surface area contributed by atoms with E-state index in [-0.39, 0.29) is 12.5 Å². The lowest BCUT2D eigenvalue weighted by molar-refractivity contribution is -0.136. The van der Waals surface area contributed by atoms with Crippen LogP contribution in [0, 0.1) is 13.8 Å².